The topological polar surface area (TPSA) is 56.7 Å². The molecule has 0 unspecified atom stereocenters. The first-order valence-electron chi connectivity index (χ1n) is 9.19. The molecule has 5 nitrogen and oxygen atoms in total. The molecule has 1 aromatic carbocycles. The molecule has 1 amide bonds. The maximum Gasteiger partial charge on any atom is 0.225 e. The number of nitrogens with zero attached hydrogens (tertiary/aromatic N) is 3. The molecule has 4 rings (SSSR count). The number of likely N-dealkylation sites (tertiary alicyclic amines) is 1. The lowest BCUT2D eigenvalue weighted by Crippen LogP contribution is -2.46. The van der Waals surface area contributed by atoms with E-state index in [0.29, 0.717) is 13.1 Å². The number of anilines is 1. The van der Waals surface area contributed by atoms with E-state index in [1.807, 2.05) is 4.90 Å². The van der Waals surface area contributed by atoms with Crippen LogP contribution in [0.15, 0.2) is 18.2 Å². The Hall–Kier alpha value is -1.66. The lowest BCUT2D eigenvalue weighted by atomic mass is 9.94. The SMILES string of the molecule is Cc1ccc2nc(N3CCC(C(=O)N4CCC(O)CC4)CC3)sc2c1. The first-order chi connectivity index (χ1) is 12.1. The molecule has 2 fully saturated rings. The van der Waals surface area contributed by atoms with E-state index in [9.17, 15) is 9.90 Å². The second-order valence-electron chi connectivity index (χ2n) is 7.29. The summed E-state index contributed by atoms with van der Waals surface area (Å²) in [6.07, 6.45) is 3.00. The lowest BCUT2D eigenvalue weighted by Gasteiger charge is -2.36. The van der Waals surface area contributed by atoms with Crippen molar-refractivity contribution in [3.8, 4) is 0 Å². The summed E-state index contributed by atoms with van der Waals surface area (Å²) >= 11 is 1.75. The van der Waals surface area contributed by atoms with Crippen molar-refractivity contribution in [2.75, 3.05) is 31.1 Å². The molecule has 3 heterocycles. The molecule has 2 aliphatic rings. The Morgan fingerprint density at radius 2 is 1.88 bits per heavy atom. The molecule has 0 bridgehead atoms. The van der Waals surface area contributed by atoms with Gasteiger partial charge in [-0.2, -0.15) is 0 Å². The van der Waals surface area contributed by atoms with Crippen LogP contribution in [-0.4, -0.2) is 53.2 Å². The molecule has 2 saturated heterocycles. The molecular weight excluding hydrogens is 334 g/mol. The van der Waals surface area contributed by atoms with E-state index in [0.717, 1.165) is 49.4 Å². The van der Waals surface area contributed by atoms with Crippen molar-refractivity contribution in [2.45, 2.75) is 38.7 Å². The minimum atomic E-state index is -0.228. The first-order valence-corrected chi connectivity index (χ1v) is 10.0. The zero-order valence-corrected chi connectivity index (χ0v) is 15.5. The molecular formula is C19H25N3O2S. The van der Waals surface area contributed by atoms with Crippen LogP contribution in [0.25, 0.3) is 10.2 Å². The number of carbonyl (C=O) groups is 1. The van der Waals surface area contributed by atoms with Gasteiger partial charge < -0.3 is 14.9 Å². The van der Waals surface area contributed by atoms with Crippen LogP contribution in [0, 0.1) is 12.8 Å². The van der Waals surface area contributed by atoms with Crippen LogP contribution < -0.4 is 4.90 Å². The van der Waals surface area contributed by atoms with Crippen LogP contribution >= 0.6 is 11.3 Å². The smallest absolute Gasteiger partial charge is 0.225 e. The van der Waals surface area contributed by atoms with Gasteiger partial charge in [0, 0.05) is 32.1 Å². The molecule has 2 aromatic rings. The summed E-state index contributed by atoms with van der Waals surface area (Å²) in [5.74, 6) is 0.412. The molecule has 2 aliphatic heterocycles. The van der Waals surface area contributed by atoms with Gasteiger partial charge in [-0.1, -0.05) is 17.4 Å². The standard InChI is InChI=1S/C19H25N3O2S/c1-13-2-3-16-17(12-13)25-19(20-16)22-8-4-14(5-9-22)18(24)21-10-6-15(23)7-11-21/h2-3,12,14-15,23H,4-11H2,1H3. The van der Waals surface area contributed by atoms with Gasteiger partial charge in [-0.05, 0) is 50.3 Å². The number of amides is 1. The third-order valence-electron chi connectivity index (χ3n) is 5.42. The van der Waals surface area contributed by atoms with E-state index in [-0.39, 0.29) is 17.9 Å². The third kappa shape index (κ3) is 3.51. The molecule has 1 N–H and O–H groups in total. The van der Waals surface area contributed by atoms with Gasteiger partial charge in [0.05, 0.1) is 16.3 Å². The maximum absolute atomic E-state index is 12.7. The van der Waals surface area contributed by atoms with Crippen molar-refractivity contribution in [3.05, 3.63) is 23.8 Å². The van der Waals surface area contributed by atoms with E-state index in [4.69, 9.17) is 4.98 Å². The second-order valence-corrected chi connectivity index (χ2v) is 8.29. The van der Waals surface area contributed by atoms with Crippen molar-refractivity contribution in [1.29, 1.82) is 0 Å². The summed E-state index contributed by atoms with van der Waals surface area (Å²) in [7, 11) is 0. The van der Waals surface area contributed by atoms with Crippen LogP contribution in [0.5, 0.6) is 0 Å². The molecule has 6 heteroatoms. The number of carbonyl (C=O) groups excluding carboxylic acids is 1. The van der Waals surface area contributed by atoms with E-state index in [1.54, 1.807) is 11.3 Å². The summed E-state index contributed by atoms with van der Waals surface area (Å²) in [5.41, 5.74) is 2.33. The fourth-order valence-corrected chi connectivity index (χ4v) is 4.93. The number of aromatic nitrogens is 1. The summed E-state index contributed by atoms with van der Waals surface area (Å²) < 4.78 is 1.24. The predicted octanol–water partition coefficient (Wildman–Crippen LogP) is 2.80. The van der Waals surface area contributed by atoms with Crippen LogP contribution in [0.4, 0.5) is 5.13 Å². The van der Waals surface area contributed by atoms with Gasteiger partial charge in [0.2, 0.25) is 5.91 Å². The Balaban J connectivity index is 1.38. The highest BCUT2D eigenvalue weighted by atomic mass is 32.1. The highest BCUT2D eigenvalue weighted by Crippen LogP contribution is 2.32. The van der Waals surface area contributed by atoms with Gasteiger partial charge >= 0.3 is 0 Å². The van der Waals surface area contributed by atoms with E-state index >= 15 is 0 Å². The van der Waals surface area contributed by atoms with Gasteiger partial charge in [0.25, 0.3) is 0 Å². The largest absolute Gasteiger partial charge is 0.393 e. The summed E-state index contributed by atoms with van der Waals surface area (Å²) in [4.78, 5) is 21.7. The number of aliphatic hydroxyl groups excluding tert-OH is 1. The Bertz CT molecular complexity index is 759. The third-order valence-corrected chi connectivity index (χ3v) is 6.50. The average molecular weight is 359 g/mol. The minimum absolute atomic E-state index is 0.128. The quantitative estimate of drug-likeness (QED) is 0.896. The normalized spacial score (nSPS) is 20.4. The number of thiazole rings is 1. The van der Waals surface area contributed by atoms with Crippen molar-refractivity contribution in [2.24, 2.45) is 5.92 Å². The van der Waals surface area contributed by atoms with Gasteiger partial charge in [0.15, 0.2) is 5.13 Å². The highest BCUT2D eigenvalue weighted by molar-refractivity contribution is 7.22. The van der Waals surface area contributed by atoms with Crippen molar-refractivity contribution in [3.63, 3.8) is 0 Å². The van der Waals surface area contributed by atoms with Crippen molar-refractivity contribution >= 4 is 32.6 Å². The number of hydrogen-bond acceptors (Lipinski definition) is 5. The zero-order valence-electron chi connectivity index (χ0n) is 14.6. The Labute approximate surface area is 152 Å². The summed E-state index contributed by atoms with van der Waals surface area (Å²) in [6.45, 7) is 5.31. The van der Waals surface area contributed by atoms with Crippen LogP contribution in [0.1, 0.15) is 31.2 Å². The lowest BCUT2D eigenvalue weighted by molar-refractivity contribution is -0.138. The van der Waals surface area contributed by atoms with Crippen molar-refractivity contribution < 1.29 is 9.90 Å². The molecule has 0 saturated carbocycles. The average Bonchev–Trinajstić information content (AvgIpc) is 3.05. The van der Waals surface area contributed by atoms with Gasteiger partial charge in [0.1, 0.15) is 0 Å². The minimum Gasteiger partial charge on any atom is -0.393 e. The Morgan fingerprint density at radius 3 is 2.60 bits per heavy atom. The van der Waals surface area contributed by atoms with Crippen molar-refractivity contribution in [1.82, 2.24) is 9.88 Å². The molecule has 1 aromatic heterocycles. The van der Waals surface area contributed by atoms with Gasteiger partial charge in [-0.15, -0.1) is 0 Å². The molecule has 134 valence electrons. The van der Waals surface area contributed by atoms with Crippen LogP contribution in [0.3, 0.4) is 0 Å². The van der Waals surface area contributed by atoms with E-state index in [2.05, 4.69) is 30.0 Å². The summed E-state index contributed by atoms with van der Waals surface area (Å²) in [6, 6.07) is 6.38. The predicted molar refractivity (Wildman–Crippen MR) is 101 cm³/mol. The Kier molecular flexibility index (Phi) is 4.65. The molecule has 0 atom stereocenters. The van der Waals surface area contributed by atoms with E-state index in [1.165, 1.54) is 10.3 Å². The van der Waals surface area contributed by atoms with Gasteiger partial charge in [-0.3, -0.25) is 4.79 Å². The first kappa shape index (κ1) is 16.8. The molecule has 0 radical (unpaired) electrons. The number of rotatable bonds is 2. The number of benzene rings is 1. The highest BCUT2D eigenvalue weighted by Gasteiger charge is 2.31. The second kappa shape index (κ2) is 6.92. The number of aryl methyl sites for hydroxylation is 1. The Morgan fingerprint density at radius 1 is 1.16 bits per heavy atom. The molecule has 25 heavy (non-hydrogen) atoms. The number of aliphatic hydroxyl groups is 1. The fourth-order valence-electron chi connectivity index (χ4n) is 3.82. The number of hydrogen-bond donors (Lipinski definition) is 1. The maximum atomic E-state index is 12.7. The van der Waals surface area contributed by atoms with E-state index < -0.39 is 0 Å². The van der Waals surface area contributed by atoms with Crippen LogP contribution in [0.2, 0.25) is 0 Å². The monoisotopic (exact) mass is 359 g/mol. The molecule has 0 aliphatic carbocycles. The molecule has 0 spiro atoms. The number of piperidine rings is 2. The summed E-state index contributed by atoms with van der Waals surface area (Å²) in [5, 5.41) is 10.7. The van der Waals surface area contributed by atoms with Gasteiger partial charge in [-0.25, -0.2) is 4.98 Å². The van der Waals surface area contributed by atoms with Crippen LogP contribution in [-0.2, 0) is 4.79 Å². The zero-order chi connectivity index (χ0) is 17.4. The number of fused-ring (bicyclic) bond motifs is 1. The fraction of sp³-hybridized carbons (Fsp3) is 0.579.